The third-order valence-corrected chi connectivity index (χ3v) is 3.04. The molecule has 5 heteroatoms. The second-order valence-corrected chi connectivity index (χ2v) is 4.25. The van der Waals surface area contributed by atoms with Crippen LogP contribution in [0.1, 0.15) is 12.5 Å². The summed E-state index contributed by atoms with van der Waals surface area (Å²) in [7, 11) is 0. The van der Waals surface area contributed by atoms with Gasteiger partial charge in [-0.3, -0.25) is 9.13 Å². The minimum atomic E-state index is -0.0361. The van der Waals surface area contributed by atoms with Crippen LogP contribution in [0.5, 0.6) is 0 Å². The van der Waals surface area contributed by atoms with E-state index in [9.17, 15) is 4.79 Å². The average Bonchev–Trinajstić information content (AvgIpc) is 2.65. The number of hydrogen-bond donors (Lipinski definition) is 1. The number of halogens is 1. The van der Waals surface area contributed by atoms with Crippen molar-refractivity contribution in [2.75, 3.05) is 5.73 Å². The standard InChI is InChI=1S/C12H14ClN3O/c1-2-15-5-6-16(12(15)17)8-9-7-10(14)3-4-11(9)13/h3-7H,2,8,14H2,1H3. The summed E-state index contributed by atoms with van der Waals surface area (Å²) in [6.07, 6.45) is 3.52. The highest BCUT2D eigenvalue weighted by Gasteiger charge is 2.05. The lowest BCUT2D eigenvalue weighted by atomic mass is 10.2. The van der Waals surface area contributed by atoms with Gasteiger partial charge in [-0.2, -0.15) is 0 Å². The first kappa shape index (κ1) is 11.8. The van der Waals surface area contributed by atoms with Crippen molar-refractivity contribution in [2.24, 2.45) is 0 Å². The van der Waals surface area contributed by atoms with Gasteiger partial charge >= 0.3 is 5.69 Å². The number of hydrogen-bond acceptors (Lipinski definition) is 2. The number of aromatic nitrogens is 2. The molecule has 17 heavy (non-hydrogen) atoms. The van der Waals surface area contributed by atoms with Gasteiger partial charge in [-0.05, 0) is 30.7 Å². The lowest BCUT2D eigenvalue weighted by Crippen LogP contribution is -2.23. The molecular formula is C12H14ClN3O. The minimum Gasteiger partial charge on any atom is -0.399 e. The second-order valence-electron chi connectivity index (χ2n) is 3.85. The lowest BCUT2D eigenvalue weighted by molar-refractivity contribution is 0.668. The van der Waals surface area contributed by atoms with Crippen LogP contribution in [-0.4, -0.2) is 9.13 Å². The first-order valence-corrected chi connectivity index (χ1v) is 5.79. The Kier molecular flexibility index (Phi) is 3.24. The van der Waals surface area contributed by atoms with Crippen LogP contribution in [-0.2, 0) is 13.1 Å². The number of nitrogens with two attached hydrogens (primary N) is 1. The molecule has 0 aliphatic heterocycles. The molecule has 0 saturated heterocycles. The maximum absolute atomic E-state index is 11.9. The van der Waals surface area contributed by atoms with Crippen LogP contribution < -0.4 is 11.4 Å². The van der Waals surface area contributed by atoms with E-state index >= 15 is 0 Å². The Labute approximate surface area is 104 Å². The summed E-state index contributed by atoms with van der Waals surface area (Å²) in [5, 5.41) is 0.621. The fourth-order valence-corrected chi connectivity index (χ4v) is 1.89. The normalized spacial score (nSPS) is 10.7. The van der Waals surface area contributed by atoms with Gasteiger partial charge in [0.25, 0.3) is 0 Å². The smallest absolute Gasteiger partial charge is 0.328 e. The molecule has 90 valence electrons. The zero-order valence-corrected chi connectivity index (χ0v) is 10.3. The average molecular weight is 252 g/mol. The molecule has 4 nitrogen and oxygen atoms in total. The van der Waals surface area contributed by atoms with Gasteiger partial charge in [0.1, 0.15) is 0 Å². The van der Waals surface area contributed by atoms with Crippen molar-refractivity contribution in [2.45, 2.75) is 20.0 Å². The van der Waals surface area contributed by atoms with Crippen LogP contribution in [0.2, 0.25) is 5.02 Å². The fourth-order valence-electron chi connectivity index (χ4n) is 1.71. The zero-order valence-electron chi connectivity index (χ0n) is 9.56. The molecule has 0 fully saturated rings. The first-order valence-electron chi connectivity index (χ1n) is 5.41. The Balaban J connectivity index is 2.34. The Morgan fingerprint density at radius 3 is 2.65 bits per heavy atom. The summed E-state index contributed by atoms with van der Waals surface area (Å²) in [5.74, 6) is 0. The van der Waals surface area contributed by atoms with Crippen LogP contribution >= 0.6 is 11.6 Å². The molecule has 0 aliphatic carbocycles. The summed E-state index contributed by atoms with van der Waals surface area (Å²) in [5.41, 5.74) is 7.16. The molecule has 0 atom stereocenters. The van der Waals surface area contributed by atoms with Crippen LogP contribution in [0.15, 0.2) is 35.4 Å². The largest absolute Gasteiger partial charge is 0.399 e. The van der Waals surface area contributed by atoms with Crippen LogP contribution in [0.3, 0.4) is 0 Å². The molecule has 0 radical (unpaired) electrons. The minimum absolute atomic E-state index is 0.0361. The van der Waals surface area contributed by atoms with Gasteiger partial charge in [-0.25, -0.2) is 4.79 Å². The maximum atomic E-state index is 11.9. The monoisotopic (exact) mass is 251 g/mol. The van der Waals surface area contributed by atoms with E-state index in [1.165, 1.54) is 0 Å². The number of imidazole rings is 1. The van der Waals surface area contributed by atoms with Gasteiger partial charge in [-0.1, -0.05) is 11.6 Å². The molecule has 2 rings (SSSR count). The number of benzene rings is 1. The first-order chi connectivity index (χ1) is 8.11. The van der Waals surface area contributed by atoms with E-state index in [2.05, 4.69) is 0 Å². The van der Waals surface area contributed by atoms with E-state index in [1.807, 2.05) is 6.92 Å². The Morgan fingerprint density at radius 1 is 1.29 bits per heavy atom. The van der Waals surface area contributed by atoms with E-state index in [4.69, 9.17) is 17.3 Å². The molecule has 1 heterocycles. The van der Waals surface area contributed by atoms with Gasteiger partial charge in [0.05, 0.1) is 6.54 Å². The summed E-state index contributed by atoms with van der Waals surface area (Å²) < 4.78 is 3.25. The van der Waals surface area contributed by atoms with Crippen LogP contribution in [0, 0.1) is 0 Å². The molecule has 0 amide bonds. The summed E-state index contributed by atoms with van der Waals surface area (Å²) >= 11 is 6.06. The highest BCUT2D eigenvalue weighted by atomic mass is 35.5. The Morgan fingerprint density at radius 2 is 2.00 bits per heavy atom. The molecular weight excluding hydrogens is 238 g/mol. The van der Waals surface area contributed by atoms with Crippen molar-refractivity contribution in [1.29, 1.82) is 0 Å². The molecule has 0 aliphatic rings. The number of aryl methyl sites for hydroxylation is 1. The van der Waals surface area contributed by atoms with Crippen molar-refractivity contribution in [3.8, 4) is 0 Å². The highest BCUT2D eigenvalue weighted by Crippen LogP contribution is 2.19. The van der Waals surface area contributed by atoms with Gasteiger partial charge in [0.15, 0.2) is 0 Å². The molecule has 2 N–H and O–H groups in total. The molecule has 1 aromatic carbocycles. The molecule has 0 spiro atoms. The van der Waals surface area contributed by atoms with Gasteiger partial charge in [0, 0.05) is 29.6 Å². The van der Waals surface area contributed by atoms with Gasteiger partial charge in [-0.15, -0.1) is 0 Å². The summed E-state index contributed by atoms with van der Waals surface area (Å²) in [6.45, 7) is 3.03. The van der Waals surface area contributed by atoms with Gasteiger partial charge < -0.3 is 5.73 Å². The SMILES string of the molecule is CCn1ccn(Cc2cc(N)ccc2Cl)c1=O. The molecule has 1 aromatic heterocycles. The topological polar surface area (TPSA) is 52.9 Å². The van der Waals surface area contributed by atoms with Crippen molar-refractivity contribution >= 4 is 17.3 Å². The number of nitrogen functional groups attached to an aromatic ring is 1. The van der Waals surface area contributed by atoms with E-state index in [1.54, 1.807) is 39.7 Å². The third kappa shape index (κ3) is 2.36. The van der Waals surface area contributed by atoms with Crippen molar-refractivity contribution in [1.82, 2.24) is 9.13 Å². The zero-order chi connectivity index (χ0) is 12.4. The van der Waals surface area contributed by atoms with E-state index in [0.29, 0.717) is 23.8 Å². The predicted molar refractivity (Wildman–Crippen MR) is 69.3 cm³/mol. The summed E-state index contributed by atoms with van der Waals surface area (Å²) in [6, 6.07) is 5.28. The van der Waals surface area contributed by atoms with Crippen molar-refractivity contribution in [3.63, 3.8) is 0 Å². The molecule has 0 bridgehead atoms. The molecule has 2 aromatic rings. The van der Waals surface area contributed by atoms with Crippen molar-refractivity contribution < 1.29 is 0 Å². The van der Waals surface area contributed by atoms with Crippen LogP contribution in [0.4, 0.5) is 5.69 Å². The summed E-state index contributed by atoms with van der Waals surface area (Å²) in [4.78, 5) is 11.9. The van der Waals surface area contributed by atoms with Crippen LogP contribution in [0.25, 0.3) is 0 Å². The quantitative estimate of drug-likeness (QED) is 0.848. The third-order valence-electron chi connectivity index (χ3n) is 2.67. The maximum Gasteiger partial charge on any atom is 0.328 e. The Hall–Kier alpha value is -1.68. The van der Waals surface area contributed by atoms with E-state index in [-0.39, 0.29) is 5.69 Å². The predicted octanol–water partition coefficient (Wildman–Crippen LogP) is 1.95. The highest BCUT2D eigenvalue weighted by molar-refractivity contribution is 6.31. The van der Waals surface area contributed by atoms with Gasteiger partial charge in [0.2, 0.25) is 0 Å². The lowest BCUT2D eigenvalue weighted by Gasteiger charge is -2.05. The number of rotatable bonds is 3. The van der Waals surface area contributed by atoms with E-state index < -0.39 is 0 Å². The second kappa shape index (κ2) is 4.67. The molecule has 0 saturated carbocycles. The van der Waals surface area contributed by atoms with E-state index in [0.717, 1.165) is 5.56 Å². The molecule has 0 unspecified atom stereocenters. The number of anilines is 1. The fraction of sp³-hybridized carbons (Fsp3) is 0.250. The van der Waals surface area contributed by atoms with Crippen molar-refractivity contribution in [3.05, 3.63) is 51.7 Å². The number of nitrogens with zero attached hydrogens (tertiary/aromatic N) is 2. The Bertz CT molecular complexity index is 586.